The van der Waals surface area contributed by atoms with E-state index in [4.69, 9.17) is 9.47 Å². The van der Waals surface area contributed by atoms with E-state index in [1.54, 1.807) is 13.0 Å². The summed E-state index contributed by atoms with van der Waals surface area (Å²) in [6, 6.07) is 3.04. The predicted molar refractivity (Wildman–Crippen MR) is 46.7 cm³/mol. The molecule has 0 fully saturated rings. The minimum Gasteiger partial charge on any atom is -0.486 e. The zero-order valence-electron chi connectivity index (χ0n) is 7.63. The number of ether oxygens (including phenoxy) is 2. The third kappa shape index (κ3) is 1.46. The van der Waals surface area contributed by atoms with Gasteiger partial charge in [-0.05, 0) is 25.5 Å². The van der Waals surface area contributed by atoms with Crippen LogP contribution in [0.4, 0.5) is 4.39 Å². The Balaban J connectivity index is 2.43. The molecule has 2 rings (SSSR count). The molecule has 0 radical (unpaired) electrons. The monoisotopic (exact) mass is 182 g/mol. The number of hydrogen-bond acceptors (Lipinski definition) is 2. The summed E-state index contributed by atoms with van der Waals surface area (Å²) in [6.45, 7) is 4.12. The van der Waals surface area contributed by atoms with E-state index in [1.165, 1.54) is 6.07 Å². The second kappa shape index (κ2) is 2.91. The number of aryl methyl sites for hydroxylation is 1. The molecule has 1 aromatic rings. The maximum Gasteiger partial charge on any atom is 0.164 e. The lowest BCUT2D eigenvalue weighted by Crippen LogP contribution is -2.25. The molecule has 0 aliphatic carbocycles. The summed E-state index contributed by atoms with van der Waals surface area (Å²) in [7, 11) is 0. The summed E-state index contributed by atoms with van der Waals surface area (Å²) in [6.07, 6.45) is -0.00499. The van der Waals surface area contributed by atoms with E-state index in [0.29, 0.717) is 23.7 Å². The summed E-state index contributed by atoms with van der Waals surface area (Å²) >= 11 is 0. The summed E-state index contributed by atoms with van der Waals surface area (Å²) in [5, 5.41) is 0. The van der Waals surface area contributed by atoms with Gasteiger partial charge in [0.25, 0.3) is 0 Å². The number of fused-ring (bicyclic) bond motifs is 1. The third-order valence-electron chi connectivity index (χ3n) is 2.03. The molecule has 13 heavy (non-hydrogen) atoms. The molecule has 1 unspecified atom stereocenters. The Morgan fingerprint density at radius 2 is 2.15 bits per heavy atom. The van der Waals surface area contributed by atoms with Crippen molar-refractivity contribution >= 4 is 0 Å². The molecule has 0 spiro atoms. The first-order chi connectivity index (χ1) is 6.16. The fourth-order valence-electron chi connectivity index (χ4n) is 1.30. The van der Waals surface area contributed by atoms with Crippen molar-refractivity contribution in [1.29, 1.82) is 0 Å². The van der Waals surface area contributed by atoms with Gasteiger partial charge in [-0.15, -0.1) is 0 Å². The first-order valence-corrected chi connectivity index (χ1v) is 4.26. The minimum absolute atomic E-state index is 0.00499. The van der Waals surface area contributed by atoms with Crippen LogP contribution >= 0.6 is 0 Å². The Hall–Kier alpha value is -1.25. The van der Waals surface area contributed by atoms with E-state index in [2.05, 4.69) is 0 Å². The lowest BCUT2D eigenvalue weighted by molar-refractivity contribution is 0.103. The van der Waals surface area contributed by atoms with E-state index in [1.807, 2.05) is 6.92 Å². The van der Waals surface area contributed by atoms with Crippen LogP contribution in [-0.2, 0) is 0 Å². The van der Waals surface area contributed by atoms with Gasteiger partial charge in [-0.3, -0.25) is 0 Å². The largest absolute Gasteiger partial charge is 0.486 e. The second-order valence-corrected chi connectivity index (χ2v) is 3.29. The highest BCUT2D eigenvalue weighted by atomic mass is 19.1. The van der Waals surface area contributed by atoms with Crippen molar-refractivity contribution in [2.45, 2.75) is 20.0 Å². The van der Waals surface area contributed by atoms with Gasteiger partial charge in [0, 0.05) is 6.07 Å². The van der Waals surface area contributed by atoms with Crippen LogP contribution in [0, 0.1) is 12.7 Å². The Bertz CT molecular complexity index is 336. The van der Waals surface area contributed by atoms with Crippen molar-refractivity contribution in [1.82, 2.24) is 0 Å². The van der Waals surface area contributed by atoms with E-state index >= 15 is 0 Å². The van der Waals surface area contributed by atoms with E-state index < -0.39 is 0 Å². The summed E-state index contributed by atoms with van der Waals surface area (Å²) < 4.78 is 23.9. The smallest absolute Gasteiger partial charge is 0.164 e. The summed E-state index contributed by atoms with van der Waals surface area (Å²) in [5.74, 6) is 0.885. The average Bonchev–Trinajstić information content (AvgIpc) is 2.08. The molecule has 3 heteroatoms. The predicted octanol–water partition coefficient (Wildman–Crippen LogP) is 2.29. The first-order valence-electron chi connectivity index (χ1n) is 4.26. The summed E-state index contributed by atoms with van der Waals surface area (Å²) in [5.41, 5.74) is 0.580. The Labute approximate surface area is 76.3 Å². The Morgan fingerprint density at radius 1 is 1.38 bits per heavy atom. The molecule has 1 atom stereocenters. The van der Waals surface area contributed by atoms with Crippen LogP contribution in [-0.4, -0.2) is 12.7 Å². The van der Waals surface area contributed by atoms with Gasteiger partial charge in [0.2, 0.25) is 0 Å². The molecule has 0 saturated carbocycles. The van der Waals surface area contributed by atoms with Gasteiger partial charge < -0.3 is 9.47 Å². The maximum atomic E-state index is 13.1. The van der Waals surface area contributed by atoms with Gasteiger partial charge >= 0.3 is 0 Å². The van der Waals surface area contributed by atoms with Gasteiger partial charge in [-0.2, -0.15) is 0 Å². The highest BCUT2D eigenvalue weighted by Crippen LogP contribution is 2.33. The molecular weight excluding hydrogens is 171 g/mol. The quantitative estimate of drug-likeness (QED) is 0.613. The number of benzene rings is 1. The van der Waals surface area contributed by atoms with Gasteiger partial charge in [0.1, 0.15) is 18.5 Å². The Kier molecular flexibility index (Phi) is 1.87. The van der Waals surface area contributed by atoms with Gasteiger partial charge in [-0.1, -0.05) is 0 Å². The van der Waals surface area contributed by atoms with Crippen molar-refractivity contribution < 1.29 is 13.9 Å². The van der Waals surface area contributed by atoms with Crippen molar-refractivity contribution in [2.75, 3.05) is 6.61 Å². The number of halogens is 1. The standard InChI is InChI=1S/C10H11FO2/c1-6-3-9-10(4-8(6)11)13-7(2)5-12-9/h3-4,7H,5H2,1-2H3. The zero-order chi connectivity index (χ0) is 9.42. The third-order valence-corrected chi connectivity index (χ3v) is 2.03. The van der Waals surface area contributed by atoms with Crippen molar-refractivity contribution in [3.05, 3.63) is 23.5 Å². The fourth-order valence-corrected chi connectivity index (χ4v) is 1.30. The summed E-state index contributed by atoms with van der Waals surface area (Å²) in [4.78, 5) is 0. The van der Waals surface area contributed by atoms with Crippen LogP contribution in [0.3, 0.4) is 0 Å². The van der Waals surface area contributed by atoms with Gasteiger partial charge in [0.15, 0.2) is 11.5 Å². The molecular formula is C10H11FO2. The van der Waals surface area contributed by atoms with E-state index in [-0.39, 0.29) is 11.9 Å². The zero-order valence-corrected chi connectivity index (χ0v) is 7.63. The minimum atomic E-state index is -0.253. The lowest BCUT2D eigenvalue weighted by atomic mass is 10.2. The molecule has 0 bridgehead atoms. The molecule has 1 heterocycles. The van der Waals surface area contributed by atoms with Gasteiger partial charge in [-0.25, -0.2) is 4.39 Å². The van der Waals surface area contributed by atoms with Crippen LogP contribution in [0.5, 0.6) is 11.5 Å². The average molecular weight is 182 g/mol. The van der Waals surface area contributed by atoms with Crippen molar-refractivity contribution in [3.63, 3.8) is 0 Å². The SMILES string of the molecule is Cc1cc2c(cc1F)OC(C)CO2. The van der Waals surface area contributed by atoms with E-state index in [0.717, 1.165) is 0 Å². The first kappa shape index (κ1) is 8.35. The van der Waals surface area contributed by atoms with Crippen LogP contribution in [0.2, 0.25) is 0 Å². The van der Waals surface area contributed by atoms with E-state index in [9.17, 15) is 4.39 Å². The number of rotatable bonds is 0. The van der Waals surface area contributed by atoms with Crippen LogP contribution < -0.4 is 9.47 Å². The molecule has 0 amide bonds. The van der Waals surface area contributed by atoms with Crippen LogP contribution in [0.25, 0.3) is 0 Å². The fraction of sp³-hybridized carbons (Fsp3) is 0.400. The molecule has 0 saturated heterocycles. The van der Waals surface area contributed by atoms with Gasteiger partial charge in [0.05, 0.1) is 0 Å². The molecule has 70 valence electrons. The van der Waals surface area contributed by atoms with Crippen molar-refractivity contribution in [3.8, 4) is 11.5 Å². The van der Waals surface area contributed by atoms with Crippen LogP contribution in [0.15, 0.2) is 12.1 Å². The molecule has 1 aliphatic rings. The molecule has 2 nitrogen and oxygen atoms in total. The second-order valence-electron chi connectivity index (χ2n) is 3.29. The topological polar surface area (TPSA) is 18.5 Å². The van der Waals surface area contributed by atoms with Crippen LogP contribution in [0.1, 0.15) is 12.5 Å². The van der Waals surface area contributed by atoms with Crippen molar-refractivity contribution in [2.24, 2.45) is 0 Å². The highest BCUT2D eigenvalue weighted by Gasteiger charge is 2.18. The molecule has 1 aromatic carbocycles. The molecule has 0 aromatic heterocycles. The molecule has 1 aliphatic heterocycles. The Morgan fingerprint density at radius 3 is 2.92 bits per heavy atom. The maximum absolute atomic E-state index is 13.1. The lowest BCUT2D eigenvalue weighted by Gasteiger charge is -2.24. The normalized spacial score (nSPS) is 20.1. The molecule has 0 N–H and O–H groups in total. The number of hydrogen-bond donors (Lipinski definition) is 0. The highest BCUT2D eigenvalue weighted by molar-refractivity contribution is 5.44.